The number of allylic oxidation sites excluding steroid dienone is 2. The number of nitrogens with zero attached hydrogens (tertiary/aromatic N) is 6. The average Bonchev–Trinajstić information content (AvgIpc) is 3.47. The van der Waals surface area contributed by atoms with Crippen LogP contribution in [0.5, 0.6) is 0 Å². The van der Waals surface area contributed by atoms with E-state index in [4.69, 9.17) is 11.4 Å². The van der Waals surface area contributed by atoms with Gasteiger partial charge in [-0.2, -0.15) is 10.1 Å². The number of aromatic amines is 1. The fourth-order valence-electron chi connectivity index (χ4n) is 4.01. The van der Waals surface area contributed by atoms with Crippen molar-refractivity contribution in [1.82, 2.24) is 29.7 Å². The summed E-state index contributed by atoms with van der Waals surface area (Å²) in [6.45, 7) is 4.45. The first kappa shape index (κ1) is 19.9. The van der Waals surface area contributed by atoms with Gasteiger partial charge in [0.2, 0.25) is 5.95 Å². The lowest BCUT2D eigenvalue weighted by molar-refractivity contribution is -0.127. The molecular weight excluding hydrogens is 404 g/mol. The average molecular weight is 429 g/mol. The molecule has 9 heteroatoms. The molecule has 1 saturated heterocycles. The number of terminal acetylenes is 1. The molecule has 0 bridgehead atoms. The number of hydrogen-bond donors (Lipinski definition) is 2. The van der Waals surface area contributed by atoms with Crippen LogP contribution < -0.4 is 10.2 Å². The second-order valence-electron chi connectivity index (χ2n) is 7.95. The second kappa shape index (κ2) is 8.23. The zero-order valence-electron chi connectivity index (χ0n) is 17.9. The summed E-state index contributed by atoms with van der Waals surface area (Å²) < 4.78 is 1.81. The van der Waals surface area contributed by atoms with Crippen LogP contribution in [0, 0.1) is 19.3 Å². The Kier molecular flexibility index (Phi) is 5.11. The van der Waals surface area contributed by atoms with Crippen molar-refractivity contribution in [3.8, 4) is 12.3 Å². The summed E-state index contributed by atoms with van der Waals surface area (Å²) >= 11 is 0. The van der Waals surface area contributed by atoms with Crippen molar-refractivity contribution in [3.05, 3.63) is 53.4 Å². The number of aromatic nitrogens is 5. The van der Waals surface area contributed by atoms with Gasteiger partial charge in [-0.15, -0.1) is 11.5 Å². The van der Waals surface area contributed by atoms with Gasteiger partial charge in [0, 0.05) is 55.3 Å². The second-order valence-corrected chi connectivity index (χ2v) is 7.95. The first-order valence-electron chi connectivity index (χ1n) is 10.7. The van der Waals surface area contributed by atoms with Crippen molar-refractivity contribution in [2.24, 2.45) is 0 Å². The maximum Gasteiger partial charge on any atom is 0.253 e. The Balaban J connectivity index is 1.32. The highest BCUT2D eigenvalue weighted by atomic mass is 16.2. The molecule has 2 N–H and O–H groups in total. The van der Waals surface area contributed by atoms with Gasteiger partial charge < -0.3 is 15.1 Å². The summed E-state index contributed by atoms with van der Waals surface area (Å²) in [5.41, 5.74) is 3.41. The molecule has 1 aliphatic carbocycles. The number of nitrogens with one attached hydrogen (secondary N) is 2. The molecule has 3 aromatic rings. The van der Waals surface area contributed by atoms with E-state index in [2.05, 4.69) is 31.4 Å². The lowest BCUT2D eigenvalue weighted by Crippen LogP contribution is -2.49. The van der Waals surface area contributed by atoms with Gasteiger partial charge in [0.25, 0.3) is 5.91 Å². The normalized spacial score (nSPS) is 16.5. The molecular formula is C23H24N8O. The van der Waals surface area contributed by atoms with Crippen LogP contribution in [0.15, 0.2) is 47.7 Å². The molecule has 4 heterocycles. The molecule has 0 saturated carbocycles. The van der Waals surface area contributed by atoms with Gasteiger partial charge in [-0.1, -0.05) is 12.0 Å². The molecule has 0 atom stereocenters. The van der Waals surface area contributed by atoms with E-state index in [0.717, 1.165) is 29.6 Å². The molecule has 0 unspecified atom stereocenters. The van der Waals surface area contributed by atoms with Gasteiger partial charge in [-0.05, 0) is 38.0 Å². The van der Waals surface area contributed by atoms with Crippen molar-refractivity contribution in [2.75, 3.05) is 36.4 Å². The van der Waals surface area contributed by atoms with E-state index in [9.17, 15) is 4.79 Å². The number of anilines is 3. The number of amides is 1. The largest absolute Gasteiger partial charge is 0.336 e. The number of aryl methyl sites for hydroxylation is 1. The molecule has 1 aliphatic heterocycles. The Morgan fingerprint density at radius 2 is 2.12 bits per heavy atom. The van der Waals surface area contributed by atoms with E-state index in [1.165, 1.54) is 0 Å². The van der Waals surface area contributed by atoms with Crippen LogP contribution in [-0.2, 0) is 4.79 Å². The first-order valence-corrected chi connectivity index (χ1v) is 10.7. The molecule has 3 aromatic heterocycles. The summed E-state index contributed by atoms with van der Waals surface area (Å²) in [4.78, 5) is 21.7. The van der Waals surface area contributed by atoms with E-state index >= 15 is 0 Å². The third kappa shape index (κ3) is 3.83. The van der Waals surface area contributed by atoms with Crippen LogP contribution in [0.25, 0.3) is 5.52 Å². The highest BCUT2D eigenvalue weighted by molar-refractivity contribution is 5.97. The van der Waals surface area contributed by atoms with Gasteiger partial charge >= 0.3 is 0 Å². The van der Waals surface area contributed by atoms with E-state index in [0.29, 0.717) is 49.3 Å². The predicted molar refractivity (Wildman–Crippen MR) is 123 cm³/mol. The summed E-state index contributed by atoms with van der Waals surface area (Å²) in [7, 11) is 0. The Morgan fingerprint density at radius 1 is 1.28 bits per heavy atom. The maximum absolute atomic E-state index is 12.9. The number of H-pyrrole nitrogens is 1. The zero-order valence-corrected chi connectivity index (χ0v) is 17.9. The molecule has 9 nitrogen and oxygen atoms in total. The topological polar surface area (TPSA) is 94.5 Å². The number of piperazine rings is 1. The Labute approximate surface area is 185 Å². The van der Waals surface area contributed by atoms with Gasteiger partial charge in [0.1, 0.15) is 5.52 Å². The molecule has 2 aliphatic rings. The highest BCUT2D eigenvalue weighted by Gasteiger charge is 2.25. The quantitative estimate of drug-likeness (QED) is 0.620. The van der Waals surface area contributed by atoms with E-state index < -0.39 is 0 Å². The van der Waals surface area contributed by atoms with Gasteiger partial charge in [-0.25, -0.2) is 4.52 Å². The number of fused-ring (bicyclic) bond motifs is 1. The number of carbonyl (C=O) groups is 1. The molecule has 1 amide bonds. The van der Waals surface area contributed by atoms with Crippen LogP contribution in [0.1, 0.15) is 18.5 Å². The molecule has 162 valence electrons. The van der Waals surface area contributed by atoms with Crippen LogP contribution in [-0.4, -0.2) is 61.8 Å². The Bertz CT molecular complexity index is 1270. The number of carbonyl (C=O) groups excluding carboxylic acids is 1. The summed E-state index contributed by atoms with van der Waals surface area (Å²) in [6, 6.07) is 5.81. The fourth-order valence-corrected chi connectivity index (χ4v) is 4.01. The molecule has 5 rings (SSSR count). The van der Waals surface area contributed by atoms with E-state index in [1.54, 1.807) is 4.52 Å². The third-order valence-electron chi connectivity index (χ3n) is 5.72. The first-order chi connectivity index (χ1) is 15.6. The van der Waals surface area contributed by atoms with E-state index in [1.807, 2.05) is 48.4 Å². The Hall–Kier alpha value is -4.06. The molecule has 0 spiro atoms. The third-order valence-corrected chi connectivity index (χ3v) is 5.72. The van der Waals surface area contributed by atoms with Crippen molar-refractivity contribution in [3.63, 3.8) is 0 Å². The van der Waals surface area contributed by atoms with Crippen molar-refractivity contribution >= 4 is 29.0 Å². The molecule has 0 radical (unpaired) electrons. The summed E-state index contributed by atoms with van der Waals surface area (Å²) in [5, 5.41) is 15.1. The number of rotatable bonds is 4. The minimum absolute atomic E-state index is 0.0372. The standard InChI is InChI=1S/C23H24N8O/c1-3-17-6-4-7-18(15-17)22(32)29-10-12-30(13-11-29)23-25-21(19-8-5-9-31(19)28-23)24-20-14-16(2)26-27-20/h1,5,7-9,14-15H,4,6,10-13H2,2H3,(H2,24,25,26,27,28). The lowest BCUT2D eigenvalue weighted by Gasteiger charge is -2.35. The smallest absolute Gasteiger partial charge is 0.253 e. The summed E-state index contributed by atoms with van der Waals surface area (Å²) in [6.07, 6.45) is 12.9. The Morgan fingerprint density at radius 3 is 2.88 bits per heavy atom. The molecule has 0 aromatic carbocycles. The molecule has 32 heavy (non-hydrogen) atoms. The number of hydrogen-bond acceptors (Lipinski definition) is 6. The van der Waals surface area contributed by atoms with Crippen LogP contribution in [0.3, 0.4) is 0 Å². The zero-order chi connectivity index (χ0) is 22.1. The van der Waals surface area contributed by atoms with Gasteiger partial charge in [0.05, 0.1) is 0 Å². The summed E-state index contributed by atoms with van der Waals surface area (Å²) in [5.74, 6) is 4.70. The molecule has 1 fully saturated rings. The van der Waals surface area contributed by atoms with Crippen LogP contribution in [0.4, 0.5) is 17.6 Å². The minimum Gasteiger partial charge on any atom is -0.336 e. The van der Waals surface area contributed by atoms with Crippen LogP contribution in [0.2, 0.25) is 0 Å². The maximum atomic E-state index is 12.9. The van der Waals surface area contributed by atoms with Gasteiger partial charge in [-0.3, -0.25) is 9.89 Å². The predicted octanol–water partition coefficient (Wildman–Crippen LogP) is 2.43. The minimum atomic E-state index is 0.0372. The lowest BCUT2D eigenvalue weighted by atomic mass is 9.99. The fraction of sp³-hybridized carbons (Fsp3) is 0.304. The van der Waals surface area contributed by atoms with E-state index in [-0.39, 0.29) is 5.91 Å². The van der Waals surface area contributed by atoms with Crippen molar-refractivity contribution in [1.29, 1.82) is 0 Å². The monoisotopic (exact) mass is 428 g/mol. The van der Waals surface area contributed by atoms with Crippen LogP contribution >= 0.6 is 0 Å². The highest BCUT2D eigenvalue weighted by Crippen LogP contribution is 2.23. The van der Waals surface area contributed by atoms with Crippen molar-refractivity contribution < 1.29 is 4.79 Å². The van der Waals surface area contributed by atoms with Gasteiger partial charge in [0.15, 0.2) is 11.6 Å². The SMILES string of the molecule is C#CC1=CC(C(=O)N2CCN(c3nc(Nc4cc(C)[nH]n4)c4cccn4n3)CC2)=CCC1. The van der Waals surface area contributed by atoms with Crippen molar-refractivity contribution in [2.45, 2.75) is 19.8 Å².